The second-order valence-electron chi connectivity index (χ2n) is 2.86. The molecule has 0 saturated heterocycles. The smallest absolute Gasteiger partial charge is 0.328 e. The largest absolute Gasteiger partial charge is 0.338 e. The van der Waals surface area contributed by atoms with Crippen LogP contribution in [0.5, 0.6) is 0 Å². The normalized spacial score (nSPS) is 9.80. The molecule has 1 aromatic rings. The topological polar surface area (TPSA) is 84.2 Å². The summed E-state index contributed by atoms with van der Waals surface area (Å²) in [4.78, 5) is 21.9. The first-order valence-corrected chi connectivity index (χ1v) is 4.67. The number of hydrogen-bond acceptors (Lipinski definition) is 4. The van der Waals surface area contributed by atoms with E-state index in [9.17, 15) is 9.59 Å². The van der Waals surface area contributed by atoms with Crippen LogP contribution in [0.2, 0.25) is 0 Å². The predicted octanol–water partition coefficient (Wildman–Crippen LogP) is 1.18. The van der Waals surface area contributed by atoms with Crippen LogP contribution in [-0.2, 0) is 4.79 Å². The second-order valence-corrected chi connectivity index (χ2v) is 3.13. The number of carbonyl (C=O) groups excluding carboxylic acids is 2. The lowest BCUT2D eigenvalue weighted by Gasteiger charge is -2.02. The Kier molecular flexibility index (Phi) is 3.68. The quantitative estimate of drug-likeness (QED) is 0.749. The van der Waals surface area contributed by atoms with Gasteiger partial charge in [0, 0.05) is 5.56 Å². The Morgan fingerprint density at radius 2 is 2.13 bits per heavy atom. The van der Waals surface area contributed by atoms with Gasteiger partial charge in [0.25, 0.3) is 0 Å². The number of aromatic nitrogens is 1. The van der Waals surface area contributed by atoms with Gasteiger partial charge in [-0.25, -0.2) is 4.79 Å². The van der Waals surface area contributed by atoms with Gasteiger partial charge in [0.15, 0.2) is 0 Å². The van der Waals surface area contributed by atoms with Crippen LogP contribution < -0.4 is 10.6 Å². The molecule has 2 N–H and O–H groups in total. The second kappa shape index (κ2) is 4.79. The van der Waals surface area contributed by atoms with Crippen LogP contribution in [0.1, 0.15) is 11.3 Å². The van der Waals surface area contributed by atoms with Crippen LogP contribution in [-0.4, -0.2) is 23.0 Å². The number of carbonyl (C=O) groups is 2. The van der Waals surface area contributed by atoms with Crippen LogP contribution in [0, 0.1) is 13.8 Å². The highest BCUT2D eigenvalue weighted by Gasteiger charge is 2.12. The Labute approximate surface area is 90.9 Å². The minimum atomic E-state index is -0.695. The van der Waals surface area contributed by atoms with Crippen LogP contribution >= 0.6 is 11.6 Å². The maximum absolute atomic E-state index is 11.2. The molecule has 6 nitrogen and oxygen atoms in total. The summed E-state index contributed by atoms with van der Waals surface area (Å²) in [6.45, 7) is 3.48. The van der Waals surface area contributed by atoms with Crippen molar-refractivity contribution in [2.75, 3.05) is 11.2 Å². The number of amides is 3. The molecule has 0 aliphatic rings. The molecule has 0 radical (unpaired) electrons. The minimum Gasteiger partial charge on any atom is -0.338 e. The molecule has 0 atom stereocenters. The van der Waals surface area contributed by atoms with Crippen molar-refractivity contribution in [2.24, 2.45) is 0 Å². The molecule has 0 aliphatic heterocycles. The highest BCUT2D eigenvalue weighted by molar-refractivity contribution is 6.28. The van der Waals surface area contributed by atoms with E-state index in [2.05, 4.69) is 10.5 Å². The van der Waals surface area contributed by atoms with Crippen molar-refractivity contribution in [3.05, 3.63) is 11.3 Å². The number of aryl methyl sites for hydroxylation is 1. The molecule has 15 heavy (non-hydrogen) atoms. The number of alkyl halides is 1. The van der Waals surface area contributed by atoms with Crippen molar-refractivity contribution in [1.29, 1.82) is 0 Å². The van der Waals surface area contributed by atoms with Gasteiger partial charge in [0.1, 0.15) is 5.88 Å². The molecule has 0 saturated carbocycles. The summed E-state index contributed by atoms with van der Waals surface area (Å²) in [5.74, 6) is -0.641. The van der Waals surface area contributed by atoms with Gasteiger partial charge in [-0.1, -0.05) is 5.16 Å². The van der Waals surface area contributed by atoms with Crippen LogP contribution in [0.4, 0.5) is 10.7 Å². The number of anilines is 1. The van der Waals surface area contributed by atoms with Crippen molar-refractivity contribution < 1.29 is 14.1 Å². The Balaban J connectivity index is 2.59. The van der Waals surface area contributed by atoms with Crippen molar-refractivity contribution in [3.63, 3.8) is 0 Å². The zero-order valence-electron chi connectivity index (χ0n) is 8.26. The summed E-state index contributed by atoms with van der Waals surface area (Å²) < 4.78 is 4.81. The summed E-state index contributed by atoms with van der Waals surface area (Å²) in [5, 5.41) is 7.98. The van der Waals surface area contributed by atoms with Gasteiger partial charge in [0.2, 0.25) is 11.8 Å². The molecule has 0 aromatic carbocycles. The van der Waals surface area contributed by atoms with Gasteiger partial charge in [-0.2, -0.15) is 0 Å². The molecular formula is C8H10ClN3O3. The molecular weight excluding hydrogens is 222 g/mol. The molecule has 1 aromatic heterocycles. The fourth-order valence-corrected chi connectivity index (χ4v) is 0.893. The van der Waals surface area contributed by atoms with Crippen LogP contribution in [0.3, 0.4) is 0 Å². The summed E-state index contributed by atoms with van der Waals surface area (Å²) in [5.41, 5.74) is 1.39. The zero-order chi connectivity index (χ0) is 11.4. The van der Waals surface area contributed by atoms with Gasteiger partial charge in [0.05, 0.1) is 5.69 Å². The predicted molar refractivity (Wildman–Crippen MR) is 53.9 cm³/mol. The van der Waals surface area contributed by atoms with Gasteiger partial charge >= 0.3 is 6.03 Å². The Morgan fingerprint density at radius 3 is 2.60 bits per heavy atom. The lowest BCUT2D eigenvalue weighted by molar-refractivity contribution is -0.117. The van der Waals surface area contributed by atoms with Gasteiger partial charge in [-0.05, 0) is 13.8 Å². The Bertz CT molecular complexity index is 388. The molecule has 0 unspecified atom stereocenters. The van der Waals surface area contributed by atoms with E-state index in [0.717, 1.165) is 0 Å². The zero-order valence-corrected chi connectivity index (χ0v) is 9.01. The maximum Gasteiger partial charge on any atom is 0.328 e. The first kappa shape index (κ1) is 11.5. The molecule has 0 fully saturated rings. The molecule has 82 valence electrons. The van der Waals surface area contributed by atoms with E-state index < -0.39 is 11.9 Å². The minimum absolute atomic E-state index is 0.215. The number of hydrogen-bond donors (Lipinski definition) is 2. The lowest BCUT2D eigenvalue weighted by atomic mass is 10.3. The molecule has 3 amide bonds. The lowest BCUT2D eigenvalue weighted by Crippen LogP contribution is -2.35. The highest BCUT2D eigenvalue weighted by atomic mass is 35.5. The fraction of sp³-hybridized carbons (Fsp3) is 0.375. The monoisotopic (exact) mass is 231 g/mol. The van der Waals surface area contributed by atoms with E-state index >= 15 is 0 Å². The maximum atomic E-state index is 11.2. The first-order valence-electron chi connectivity index (χ1n) is 4.14. The highest BCUT2D eigenvalue weighted by Crippen LogP contribution is 2.16. The molecule has 0 aliphatic carbocycles. The molecule has 1 rings (SSSR count). The number of imide groups is 1. The standard InChI is InChI=1S/C8H10ClN3O3/c1-4-5(2)12-15-7(4)11-8(14)10-6(13)3-9/h3H2,1-2H3,(H2,10,11,13,14). The SMILES string of the molecule is Cc1noc(NC(=O)NC(=O)CCl)c1C. The first-order chi connectivity index (χ1) is 7.04. The average molecular weight is 232 g/mol. The molecule has 1 heterocycles. The third-order valence-electron chi connectivity index (χ3n) is 1.76. The Hall–Kier alpha value is -1.56. The summed E-state index contributed by atoms with van der Waals surface area (Å²) in [6.07, 6.45) is 0. The number of nitrogens with zero attached hydrogens (tertiary/aromatic N) is 1. The van der Waals surface area contributed by atoms with E-state index in [4.69, 9.17) is 16.1 Å². The van der Waals surface area contributed by atoms with Crippen LogP contribution in [0.15, 0.2) is 4.52 Å². The number of urea groups is 1. The van der Waals surface area contributed by atoms with E-state index in [1.807, 2.05) is 5.32 Å². The van der Waals surface area contributed by atoms with Crippen molar-refractivity contribution >= 4 is 29.4 Å². The van der Waals surface area contributed by atoms with Crippen molar-refractivity contribution in [3.8, 4) is 0 Å². The van der Waals surface area contributed by atoms with Gasteiger partial charge < -0.3 is 4.52 Å². The van der Waals surface area contributed by atoms with E-state index in [-0.39, 0.29) is 11.8 Å². The summed E-state index contributed by atoms with van der Waals surface area (Å²) >= 11 is 5.21. The fourth-order valence-electron chi connectivity index (χ4n) is 0.826. The van der Waals surface area contributed by atoms with Gasteiger partial charge in [-0.3, -0.25) is 15.4 Å². The van der Waals surface area contributed by atoms with E-state index in [0.29, 0.717) is 11.3 Å². The van der Waals surface area contributed by atoms with Crippen molar-refractivity contribution in [1.82, 2.24) is 10.5 Å². The number of nitrogens with one attached hydrogen (secondary N) is 2. The average Bonchev–Trinajstić information content (AvgIpc) is 2.49. The van der Waals surface area contributed by atoms with Crippen LogP contribution in [0.25, 0.3) is 0 Å². The third kappa shape index (κ3) is 2.95. The molecule has 0 bridgehead atoms. The number of rotatable bonds is 2. The molecule has 0 spiro atoms. The number of halogens is 1. The third-order valence-corrected chi connectivity index (χ3v) is 2.00. The summed E-state index contributed by atoms with van der Waals surface area (Å²) in [6, 6.07) is -0.695. The molecule has 7 heteroatoms. The summed E-state index contributed by atoms with van der Waals surface area (Å²) in [7, 11) is 0. The van der Waals surface area contributed by atoms with Crippen molar-refractivity contribution in [2.45, 2.75) is 13.8 Å². The Morgan fingerprint density at radius 1 is 1.47 bits per heavy atom. The van der Waals surface area contributed by atoms with Gasteiger partial charge in [-0.15, -0.1) is 11.6 Å². The van der Waals surface area contributed by atoms with E-state index in [1.165, 1.54) is 0 Å². The van der Waals surface area contributed by atoms with E-state index in [1.54, 1.807) is 13.8 Å².